The molecule has 4 nitrogen and oxygen atoms in total. The first-order chi connectivity index (χ1) is 8.65. The summed E-state index contributed by atoms with van der Waals surface area (Å²) in [6.45, 7) is 0.706. The van der Waals surface area contributed by atoms with Gasteiger partial charge in [0.2, 0.25) is 0 Å². The van der Waals surface area contributed by atoms with Crippen LogP contribution < -0.4 is 11.1 Å². The van der Waals surface area contributed by atoms with Gasteiger partial charge in [-0.3, -0.25) is 0 Å². The monoisotopic (exact) mass is 282 g/mol. The van der Waals surface area contributed by atoms with Crippen molar-refractivity contribution >= 4 is 34.8 Å². The van der Waals surface area contributed by atoms with Gasteiger partial charge in [-0.15, -0.1) is 0 Å². The van der Waals surface area contributed by atoms with E-state index >= 15 is 0 Å². The van der Waals surface area contributed by atoms with E-state index in [2.05, 4.69) is 15.3 Å². The first kappa shape index (κ1) is 12.9. The van der Waals surface area contributed by atoms with E-state index in [0.717, 1.165) is 12.0 Å². The van der Waals surface area contributed by atoms with Gasteiger partial charge >= 0.3 is 0 Å². The van der Waals surface area contributed by atoms with Crippen LogP contribution in [0.3, 0.4) is 0 Å². The summed E-state index contributed by atoms with van der Waals surface area (Å²) in [6, 6.07) is 7.16. The molecule has 0 radical (unpaired) electrons. The van der Waals surface area contributed by atoms with E-state index in [1.165, 1.54) is 6.33 Å². The van der Waals surface area contributed by atoms with Crippen molar-refractivity contribution in [2.45, 2.75) is 6.42 Å². The molecular weight excluding hydrogens is 271 g/mol. The number of halogens is 2. The molecule has 1 aromatic heterocycles. The maximum absolute atomic E-state index is 6.08. The van der Waals surface area contributed by atoms with Crippen molar-refractivity contribution in [3.05, 3.63) is 46.2 Å². The van der Waals surface area contributed by atoms with Gasteiger partial charge in [0.25, 0.3) is 0 Å². The Morgan fingerprint density at radius 1 is 1.17 bits per heavy atom. The summed E-state index contributed by atoms with van der Waals surface area (Å²) in [5.41, 5.74) is 6.59. The third-order valence-corrected chi connectivity index (χ3v) is 2.99. The Morgan fingerprint density at radius 2 is 2.00 bits per heavy atom. The number of anilines is 2. The van der Waals surface area contributed by atoms with Crippen molar-refractivity contribution in [3.63, 3.8) is 0 Å². The quantitative estimate of drug-likeness (QED) is 0.905. The zero-order valence-electron chi connectivity index (χ0n) is 9.53. The van der Waals surface area contributed by atoms with Crippen molar-refractivity contribution < 1.29 is 0 Å². The van der Waals surface area contributed by atoms with Crippen LogP contribution in [0, 0.1) is 0 Å². The Hall–Kier alpha value is -1.52. The van der Waals surface area contributed by atoms with Crippen LogP contribution in [0.5, 0.6) is 0 Å². The molecule has 0 aliphatic rings. The second-order valence-corrected chi connectivity index (χ2v) is 4.58. The summed E-state index contributed by atoms with van der Waals surface area (Å²) >= 11 is 11.9. The molecule has 1 heterocycles. The average molecular weight is 283 g/mol. The largest absolute Gasteiger partial charge is 0.384 e. The molecule has 0 aliphatic heterocycles. The van der Waals surface area contributed by atoms with Crippen LogP contribution in [0.2, 0.25) is 10.0 Å². The number of hydrogen-bond donors (Lipinski definition) is 2. The van der Waals surface area contributed by atoms with Gasteiger partial charge in [0.15, 0.2) is 0 Å². The number of nitrogens with two attached hydrogens (primary N) is 1. The highest BCUT2D eigenvalue weighted by molar-refractivity contribution is 6.35. The maximum Gasteiger partial charge on any atom is 0.131 e. The molecule has 2 aromatic rings. The molecule has 3 N–H and O–H groups in total. The minimum Gasteiger partial charge on any atom is -0.384 e. The van der Waals surface area contributed by atoms with Gasteiger partial charge < -0.3 is 11.1 Å². The lowest BCUT2D eigenvalue weighted by atomic mass is 10.1. The molecule has 0 aliphatic carbocycles. The van der Waals surface area contributed by atoms with Gasteiger partial charge in [0, 0.05) is 22.7 Å². The Balaban J connectivity index is 1.92. The van der Waals surface area contributed by atoms with Crippen LogP contribution in [0.15, 0.2) is 30.6 Å². The number of hydrogen-bond acceptors (Lipinski definition) is 4. The van der Waals surface area contributed by atoms with E-state index in [1.807, 2.05) is 12.1 Å². The Kier molecular flexibility index (Phi) is 4.23. The molecule has 94 valence electrons. The van der Waals surface area contributed by atoms with Crippen LogP contribution in [0.25, 0.3) is 0 Å². The van der Waals surface area contributed by atoms with E-state index in [9.17, 15) is 0 Å². The predicted octanol–water partition coefficient (Wildman–Crippen LogP) is 3.02. The van der Waals surface area contributed by atoms with Crippen LogP contribution in [-0.4, -0.2) is 16.5 Å². The predicted molar refractivity (Wildman–Crippen MR) is 75.1 cm³/mol. The van der Waals surface area contributed by atoms with E-state index < -0.39 is 0 Å². The van der Waals surface area contributed by atoms with Gasteiger partial charge in [-0.05, 0) is 24.1 Å². The van der Waals surface area contributed by atoms with Crippen LogP contribution >= 0.6 is 23.2 Å². The van der Waals surface area contributed by atoms with Crippen molar-refractivity contribution in [2.75, 3.05) is 17.6 Å². The molecule has 1 aromatic carbocycles. The van der Waals surface area contributed by atoms with Gasteiger partial charge in [-0.2, -0.15) is 0 Å². The molecule has 0 atom stereocenters. The normalized spacial score (nSPS) is 10.3. The number of rotatable bonds is 4. The van der Waals surface area contributed by atoms with Crippen molar-refractivity contribution in [2.24, 2.45) is 0 Å². The molecule has 6 heteroatoms. The molecule has 2 rings (SSSR count). The zero-order chi connectivity index (χ0) is 13.0. The number of nitrogen functional groups attached to an aromatic ring is 1. The molecule has 18 heavy (non-hydrogen) atoms. The fourth-order valence-electron chi connectivity index (χ4n) is 1.52. The number of nitrogens with zero attached hydrogens (tertiary/aromatic N) is 2. The molecule has 0 amide bonds. The first-order valence-corrected chi connectivity index (χ1v) is 6.16. The van der Waals surface area contributed by atoms with Gasteiger partial charge in [0.05, 0.1) is 0 Å². The Labute approximate surface area is 115 Å². The first-order valence-electron chi connectivity index (χ1n) is 5.40. The van der Waals surface area contributed by atoms with Crippen LogP contribution in [0.1, 0.15) is 5.56 Å². The summed E-state index contributed by atoms with van der Waals surface area (Å²) in [5, 5.41) is 4.46. The highest BCUT2D eigenvalue weighted by Crippen LogP contribution is 2.21. The molecule has 0 bridgehead atoms. The minimum absolute atomic E-state index is 0.442. The lowest BCUT2D eigenvalue weighted by Gasteiger charge is -2.07. The van der Waals surface area contributed by atoms with Crippen LogP contribution in [-0.2, 0) is 6.42 Å². The van der Waals surface area contributed by atoms with E-state index in [0.29, 0.717) is 28.2 Å². The summed E-state index contributed by atoms with van der Waals surface area (Å²) in [5.74, 6) is 1.14. The number of benzene rings is 1. The summed E-state index contributed by atoms with van der Waals surface area (Å²) < 4.78 is 0. The smallest absolute Gasteiger partial charge is 0.131 e. The summed E-state index contributed by atoms with van der Waals surface area (Å²) in [6.07, 6.45) is 2.20. The number of nitrogens with one attached hydrogen (secondary N) is 1. The lowest BCUT2D eigenvalue weighted by molar-refractivity contribution is 1.00. The summed E-state index contributed by atoms with van der Waals surface area (Å²) in [4.78, 5) is 7.87. The van der Waals surface area contributed by atoms with Gasteiger partial charge in [0.1, 0.15) is 18.0 Å². The second-order valence-electron chi connectivity index (χ2n) is 3.74. The third-order valence-electron chi connectivity index (χ3n) is 2.40. The summed E-state index contributed by atoms with van der Waals surface area (Å²) in [7, 11) is 0. The Bertz CT molecular complexity index is 545. The Morgan fingerprint density at radius 3 is 2.72 bits per heavy atom. The van der Waals surface area contributed by atoms with Crippen molar-refractivity contribution in [1.29, 1.82) is 0 Å². The lowest BCUT2D eigenvalue weighted by Crippen LogP contribution is -2.07. The third kappa shape index (κ3) is 3.48. The minimum atomic E-state index is 0.442. The second kappa shape index (κ2) is 5.89. The van der Waals surface area contributed by atoms with E-state index in [1.54, 1.807) is 12.1 Å². The van der Waals surface area contributed by atoms with Gasteiger partial charge in [-0.25, -0.2) is 9.97 Å². The van der Waals surface area contributed by atoms with Crippen molar-refractivity contribution in [1.82, 2.24) is 9.97 Å². The fourth-order valence-corrected chi connectivity index (χ4v) is 2.02. The zero-order valence-corrected chi connectivity index (χ0v) is 11.0. The van der Waals surface area contributed by atoms with Crippen molar-refractivity contribution in [3.8, 4) is 0 Å². The highest BCUT2D eigenvalue weighted by Gasteiger charge is 2.01. The van der Waals surface area contributed by atoms with E-state index in [-0.39, 0.29) is 0 Å². The standard InChI is InChI=1S/C12H12Cl2N4/c13-9-2-1-8(10(14)5-9)3-4-16-12-6-11(15)17-7-18-12/h1-2,5-7H,3-4H2,(H3,15,16,17,18). The molecular formula is C12H12Cl2N4. The highest BCUT2D eigenvalue weighted by atomic mass is 35.5. The van der Waals surface area contributed by atoms with E-state index in [4.69, 9.17) is 28.9 Å². The molecule has 0 spiro atoms. The molecule has 0 saturated heterocycles. The molecule has 0 fully saturated rings. The maximum atomic E-state index is 6.08. The number of aromatic nitrogens is 2. The molecule has 0 unspecified atom stereocenters. The average Bonchev–Trinajstić information content (AvgIpc) is 2.32. The molecule has 0 saturated carbocycles. The fraction of sp³-hybridized carbons (Fsp3) is 0.167. The topological polar surface area (TPSA) is 63.8 Å². The SMILES string of the molecule is Nc1cc(NCCc2ccc(Cl)cc2Cl)ncn1. The van der Waals surface area contributed by atoms with Gasteiger partial charge in [-0.1, -0.05) is 29.3 Å². The van der Waals surface area contributed by atoms with Crippen LogP contribution in [0.4, 0.5) is 11.6 Å².